The number of rotatable bonds is 6. The summed E-state index contributed by atoms with van der Waals surface area (Å²) in [6.07, 6.45) is 4.05. The van der Waals surface area contributed by atoms with Gasteiger partial charge in [-0.2, -0.15) is 0 Å². The summed E-state index contributed by atoms with van der Waals surface area (Å²) >= 11 is 1.20. The summed E-state index contributed by atoms with van der Waals surface area (Å²) in [5.41, 5.74) is 1.53. The topological polar surface area (TPSA) is 81.1 Å². The number of aryl methyl sites for hydroxylation is 2. The van der Waals surface area contributed by atoms with Gasteiger partial charge >= 0.3 is 5.97 Å². The maximum absolute atomic E-state index is 10.8. The molecule has 6 nitrogen and oxygen atoms in total. The van der Waals surface area contributed by atoms with E-state index in [1.54, 1.807) is 12.5 Å². The highest BCUT2D eigenvalue weighted by Gasteiger charge is 2.13. The average molecular weight is 303 g/mol. The highest BCUT2D eigenvalue weighted by Crippen LogP contribution is 2.23. The third-order valence-corrected chi connectivity index (χ3v) is 3.92. The number of hydrogen-bond acceptors (Lipinski definition) is 5. The van der Waals surface area contributed by atoms with Crippen molar-refractivity contribution in [3.05, 3.63) is 42.5 Å². The van der Waals surface area contributed by atoms with Crippen LogP contribution in [-0.4, -0.2) is 31.4 Å². The van der Waals surface area contributed by atoms with Crippen LogP contribution in [0.15, 0.2) is 46.3 Å². The lowest BCUT2D eigenvalue weighted by Gasteiger charge is -2.06. The van der Waals surface area contributed by atoms with Crippen molar-refractivity contribution < 1.29 is 14.3 Å². The molecule has 0 atom stereocenters. The molecule has 0 aromatic carbocycles. The first kappa shape index (κ1) is 13.7. The van der Waals surface area contributed by atoms with Crippen molar-refractivity contribution in [2.75, 3.05) is 5.75 Å². The Bertz CT molecular complexity index is 752. The molecule has 0 aliphatic heterocycles. The molecule has 7 heteroatoms. The number of pyridine rings is 1. The smallest absolute Gasteiger partial charge is 0.313 e. The molecule has 0 aliphatic rings. The maximum atomic E-state index is 10.8. The van der Waals surface area contributed by atoms with Crippen LogP contribution in [0, 0.1) is 0 Å². The van der Waals surface area contributed by atoms with E-state index in [4.69, 9.17) is 9.52 Å². The number of furan rings is 1. The molecule has 3 heterocycles. The molecule has 3 aromatic heterocycles. The number of carboxylic acid groups (broad SMARTS) is 1. The normalized spacial score (nSPS) is 11.0. The zero-order valence-corrected chi connectivity index (χ0v) is 11.9. The molecular weight excluding hydrogens is 290 g/mol. The molecule has 0 saturated heterocycles. The lowest BCUT2D eigenvalue weighted by atomic mass is 10.3. The minimum absolute atomic E-state index is 0.0237. The van der Waals surface area contributed by atoms with Crippen molar-refractivity contribution in [3.8, 4) is 0 Å². The van der Waals surface area contributed by atoms with Crippen LogP contribution in [0.3, 0.4) is 0 Å². The van der Waals surface area contributed by atoms with Gasteiger partial charge in [0, 0.05) is 19.2 Å². The number of aliphatic carboxylic acids is 1. The van der Waals surface area contributed by atoms with E-state index >= 15 is 0 Å². The number of aromatic nitrogens is 3. The van der Waals surface area contributed by atoms with E-state index in [1.807, 2.05) is 28.8 Å². The third-order valence-electron chi connectivity index (χ3n) is 2.96. The summed E-state index contributed by atoms with van der Waals surface area (Å²) in [7, 11) is 0. The van der Waals surface area contributed by atoms with Crippen molar-refractivity contribution in [1.82, 2.24) is 14.5 Å². The van der Waals surface area contributed by atoms with Crippen molar-refractivity contribution in [2.45, 2.75) is 18.1 Å². The zero-order chi connectivity index (χ0) is 14.7. The molecule has 21 heavy (non-hydrogen) atoms. The Hall–Kier alpha value is -2.28. The van der Waals surface area contributed by atoms with Gasteiger partial charge in [-0.3, -0.25) is 4.79 Å². The summed E-state index contributed by atoms with van der Waals surface area (Å²) < 4.78 is 7.26. The molecular formula is C14H13N3O3S. The zero-order valence-electron chi connectivity index (χ0n) is 11.1. The highest BCUT2D eigenvalue weighted by atomic mass is 32.2. The molecule has 0 saturated carbocycles. The van der Waals surface area contributed by atoms with Crippen LogP contribution < -0.4 is 0 Å². The van der Waals surface area contributed by atoms with Crippen molar-refractivity contribution in [1.29, 1.82) is 0 Å². The van der Waals surface area contributed by atoms with Crippen LogP contribution >= 0.6 is 11.8 Å². The predicted octanol–water partition coefficient (Wildman–Crippen LogP) is 2.44. The minimum Gasteiger partial charge on any atom is -0.481 e. The fourth-order valence-electron chi connectivity index (χ4n) is 2.05. The Labute approximate surface area is 124 Å². The Morgan fingerprint density at radius 3 is 3.05 bits per heavy atom. The van der Waals surface area contributed by atoms with Gasteiger partial charge in [0.1, 0.15) is 11.3 Å². The molecule has 0 radical (unpaired) electrons. The van der Waals surface area contributed by atoms with Crippen LogP contribution in [0.25, 0.3) is 11.2 Å². The fraction of sp³-hybridized carbons (Fsp3) is 0.214. The molecule has 0 fully saturated rings. The second kappa shape index (κ2) is 6.01. The van der Waals surface area contributed by atoms with Gasteiger partial charge in [-0.25, -0.2) is 9.97 Å². The fourth-order valence-corrected chi connectivity index (χ4v) is 2.80. The first-order valence-corrected chi connectivity index (χ1v) is 7.41. The van der Waals surface area contributed by atoms with Gasteiger partial charge in [0.2, 0.25) is 0 Å². The van der Waals surface area contributed by atoms with E-state index in [0.29, 0.717) is 18.1 Å². The number of carboxylic acids is 1. The van der Waals surface area contributed by atoms with Gasteiger partial charge in [0.25, 0.3) is 0 Å². The third kappa shape index (κ3) is 3.08. The monoisotopic (exact) mass is 303 g/mol. The van der Waals surface area contributed by atoms with Gasteiger partial charge in [-0.1, -0.05) is 11.8 Å². The van der Waals surface area contributed by atoms with Crippen molar-refractivity contribution >= 4 is 28.9 Å². The summed E-state index contributed by atoms with van der Waals surface area (Å²) in [4.78, 5) is 19.5. The second-order valence-corrected chi connectivity index (χ2v) is 5.35. The lowest BCUT2D eigenvalue weighted by Crippen LogP contribution is -2.05. The van der Waals surface area contributed by atoms with Gasteiger partial charge in [-0.05, 0) is 24.3 Å². The number of fused-ring (bicyclic) bond motifs is 1. The first-order chi connectivity index (χ1) is 10.2. The number of thioether (sulfide) groups is 1. The van der Waals surface area contributed by atoms with Crippen LogP contribution in [0.5, 0.6) is 0 Å². The van der Waals surface area contributed by atoms with E-state index in [2.05, 4.69) is 9.97 Å². The van der Waals surface area contributed by atoms with E-state index < -0.39 is 5.97 Å². The quantitative estimate of drug-likeness (QED) is 0.704. The van der Waals surface area contributed by atoms with Crippen molar-refractivity contribution in [2.24, 2.45) is 0 Å². The van der Waals surface area contributed by atoms with Crippen LogP contribution in [-0.2, 0) is 17.8 Å². The molecule has 108 valence electrons. The van der Waals surface area contributed by atoms with Gasteiger partial charge in [0.05, 0.1) is 12.0 Å². The average Bonchev–Trinajstić information content (AvgIpc) is 3.10. The molecule has 0 aliphatic carbocycles. The number of carbonyl (C=O) groups is 1. The van der Waals surface area contributed by atoms with Gasteiger partial charge in [-0.15, -0.1) is 0 Å². The van der Waals surface area contributed by atoms with Gasteiger partial charge < -0.3 is 14.1 Å². The Morgan fingerprint density at radius 1 is 1.38 bits per heavy atom. The number of nitrogens with zero attached hydrogens (tertiary/aromatic N) is 3. The minimum atomic E-state index is -0.863. The summed E-state index contributed by atoms with van der Waals surface area (Å²) in [5, 5.41) is 9.50. The summed E-state index contributed by atoms with van der Waals surface area (Å²) in [6, 6.07) is 7.45. The second-order valence-electron chi connectivity index (χ2n) is 4.40. The first-order valence-electron chi connectivity index (χ1n) is 6.42. The Balaban J connectivity index is 1.89. The van der Waals surface area contributed by atoms with E-state index in [9.17, 15) is 4.79 Å². The lowest BCUT2D eigenvalue weighted by molar-refractivity contribution is -0.133. The molecule has 3 aromatic rings. The Morgan fingerprint density at radius 2 is 2.29 bits per heavy atom. The standard InChI is InChI=1S/C14H13N3O3S/c18-12(19)9-21-14-16-11-4-1-6-15-13(11)17(14)7-5-10-3-2-8-20-10/h1-4,6,8H,5,7,9H2,(H,18,19). The summed E-state index contributed by atoms with van der Waals surface area (Å²) in [5.74, 6) is -0.0102. The van der Waals surface area contributed by atoms with E-state index in [0.717, 1.165) is 16.9 Å². The van der Waals surface area contributed by atoms with Crippen molar-refractivity contribution in [3.63, 3.8) is 0 Å². The van der Waals surface area contributed by atoms with Gasteiger partial charge in [0.15, 0.2) is 10.8 Å². The molecule has 1 N–H and O–H groups in total. The van der Waals surface area contributed by atoms with Crippen LogP contribution in [0.2, 0.25) is 0 Å². The maximum Gasteiger partial charge on any atom is 0.313 e. The molecule has 0 amide bonds. The van der Waals surface area contributed by atoms with Crippen LogP contribution in [0.4, 0.5) is 0 Å². The summed E-state index contributed by atoms with van der Waals surface area (Å²) in [6.45, 7) is 0.642. The molecule has 0 spiro atoms. The number of imidazole rings is 1. The molecule has 0 unspecified atom stereocenters. The largest absolute Gasteiger partial charge is 0.481 e. The highest BCUT2D eigenvalue weighted by molar-refractivity contribution is 7.99. The number of hydrogen-bond donors (Lipinski definition) is 1. The Kier molecular flexibility index (Phi) is 3.92. The molecule has 0 bridgehead atoms. The van der Waals surface area contributed by atoms with E-state index in [1.165, 1.54) is 11.8 Å². The van der Waals surface area contributed by atoms with E-state index in [-0.39, 0.29) is 5.75 Å². The molecule has 3 rings (SSSR count). The SMILES string of the molecule is O=C(O)CSc1nc2cccnc2n1CCc1ccco1. The predicted molar refractivity (Wildman–Crippen MR) is 78.3 cm³/mol. The van der Waals surface area contributed by atoms with Crippen LogP contribution in [0.1, 0.15) is 5.76 Å².